The largest absolute Gasteiger partial charge is 0.491 e. The molecule has 1 N–H and O–H groups in total. The van der Waals surface area contributed by atoms with Crippen molar-refractivity contribution >= 4 is 0 Å². The van der Waals surface area contributed by atoms with Crippen LogP contribution in [0.3, 0.4) is 0 Å². The minimum absolute atomic E-state index is 0.244. The highest BCUT2D eigenvalue weighted by Crippen LogP contribution is 2.47. The Kier molecular flexibility index (Phi) is 3.96. The molecule has 0 aliphatic heterocycles. The lowest BCUT2D eigenvalue weighted by Crippen LogP contribution is -2.31. The molecule has 0 bridgehead atoms. The van der Waals surface area contributed by atoms with Gasteiger partial charge < -0.3 is 10.1 Å². The lowest BCUT2D eigenvalue weighted by molar-refractivity contribution is 0.242. The second kappa shape index (κ2) is 5.31. The van der Waals surface area contributed by atoms with Crippen LogP contribution in [0.5, 0.6) is 5.75 Å². The SMILES string of the molecule is CC(C)NCC1(c2ccc(OC(C)C)cc2)CC1. The first-order valence-electron chi connectivity index (χ1n) is 7.02. The van der Waals surface area contributed by atoms with Gasteiger partial charge in [-0.15, -0.1) is 0 Å². The molecule has 1 aliphatic rings. The lowest BCUT2D eigenvalue weighted by atomic mass is 9.95. The van der Waals surface area contributed by atoms with E-state index in [1.807, 2.05) is 0 Å². The van der Waals surface area contributed by atoms with E-state index in [1.165, 1.54) is 18.4 Å². The number of nitrogens with one attached hydrogen (secondary N) is 1. The summed E-state index contributed by atoms with van der Waals surface area (Å²) >= 11 is 0. The van der Waals surface area contributed by atoms with Gasteiger partial charge in [-0.3, -0.25) is 0 Å². The van der Waals surface area contributed by atoms with Crippen LogP contribution in [0.4, 0.5) is 0 Å². The average Bonchev–Trinajstić information content (AvgIpc) is 3.08. The van der Waals surface area contributed by atoms with Crippen molar-refractivity contribution in [3.63, 3.8) is 0 Å². The van der Waals surface area contributed by atoms with Gasteiger partial charge in [0, 0.05) is 18.0 Å². The third-order valence-corrected chi connectivity index (χ3v) is 3.54. The van der Waals surface area contributed by atoms with Gasteiger partial charge >= 0.3 is 0 Å². The summed E-state index contributed by atoms with van der Waals surface area (Å²) in [6, 6.07) is 9.22. The number of benzene rings is 1. The molecule has 2 nitrogen and oxygen atoms in total. The molecule has 100 valence electrons. The first kappa shape index (κ1) is 13.4. The first-order chi connectivity index (χ1) is 8.52. The fourth-order valence-electron chi connectivity index (χ4n) is 2.28. The van der Waals surface area contributed by atoms with Gasteiger partial charge in [-0.2, -0.15) is 0 Å². The Balaban J connectivity index is 2.00. The summed E-state index contributed by atoms with van der Waals surface area (Å²) in [5, 5.41) is 3.56. The van der Waals surface area contributed by atoms with E-state index in [9.17, 15) is 0 Å². The summed E-state index contributed by atoms with van der Waals surface area (Å²) < 4.78 is 5.68. The van der Waals surface area contributed by atoms with Gasteiger partial charge in [0.2, 0.25) is 0 Å². The topological polar surface area (TPSA) is 21.3 Å². The molecule has 0 heterocycles. The Bertz CT molecular complexity index is 377. The van der Waals surface area contributed by atoms with Crippen molar-refractivity contribution in [2.24, 2.45) is 0 Å². The monoisotopic (exact) mass is 247 g/mol. The lowest BCUT2D eigenvalue weighted by Gasteiger charge is -2.19. The third-order valence-electron chi connectivity index (χ3n) is 3.54. The van der Waals surface area contributed by atoms with E-state index >= 15 is 0 Å². The molecule has 1 aromatic rings. The quantitative estimate of drug-likeness (QED) is 0.830. The minimum Gasteiger partial charge on any atom is -0.491 e. The van der Waals surface area contributed by atoms with Crippen molar-refractivity contribution in [2.75, 3.05) is 6.54 Å². The molecular formula is C16H25NO. The number of hydrogen-bond donors (Lipinski definition) is 1. The fourth-order valence-corrected chi connectivity index (χ4v) is 2.28. The van der Waals surface area contributed by atoms with Crippen LogP contribution in [0, 0.1) is 0 Å². The highest BCUT2D eigenvalue weighted by Gasteiger charge is 2.43. The fraction of sp³-hybridized carbons (Fsp3) is 0.625. The predicted molar refractivity (Wildman–Crippen MR) is 76.3 cm³/mol. The maximum atomic E-state index is 5.68. The van der Waals surface area contributed by atoms with E-state index in [-0.39, 0.29) is 6.10 Å². The average molecular weight is 247 g/mol. The minimum atomic E-state index is 0.244. The molecule has 0 amide bonds. The highest BCUT2D eigenvalue weighted by molar-refractivity contribution is 5.36. The molecule has 0 atom stereocenters. The molecule has 2 heteroatoms. The molecule has 0 unspecified atom stereocenters. The zero-order chi connectivity index (χ0) is 13.2. The molecule has 0 radical (unpaired) electrons. The summed E-state index contributed by atoms with van der Waals surface area (Å²) in [6.07, 6.45) is 2.85. The van der Waals surface area contributed by atoms with Crippen LogP contribution in [0.1, 0.15) is 46.1 Å². The second-order valence-corrected chi connectivity index (χ2v) is 6.01. The molecule has 0 spiro atoms. The first-order valence-corrected chi connectivity index (χ1v) is 7.02. The molecule has 1 saturated carbocycles. The maximum Gasteiger partial charge on any atom is 0.119 e. The normalized spacial score (nSPS) is 17.2. The second-order valence-electron chi connectivity index (χ2n) is 6.01. The number of rotatable bonds is 6. The van der Waals surface area contributed by atoms with E-state index in [0.29, 0.717) is 11.5 Å². The zero-order valence-corrected chi connectivity index (χ0v) is 12.0. The molecule has 2 rings (SSSR count). The van der Waals surface area contributed by atoms with Gasteiger partial charge in [-0.05, 0) is 44.4 Å². The van der Waals surface area contributed by atoms with Crippen LogP contribution in [0.15, 0.2) is 24.3 Å². The zero-order valence-electron chi connectivity index (χ0n) is 12.0. The van der Waals surface area contributed by atoms with Gasteiger partial charge in [0.05, 0.1) is 6.10 Å². The van der Waals surface area contributed by atoms with Crippen LogP contribution in [0.2, 0.25) is 0 Å². The van der Waals surface area contributed by atoms with Crippen LogP contribution >= 0.6 is 0 Å². The summed E-state index contributed by atoms with van der Waals surface area (Å²) in [5.41, 5.74) is 1.84. The van der Waals surface area contributed by atoms with E-state index in [2.05, 4.69) is 57.3 Å². The van der Waals surface area contributed by atoms with Gasteiger partial charge in [-0.25, -0.2) is 0 Å². The van der Waals surface area contributed by atoms with Crippen molar-refractivity contribution in [3.05, 3.63) is 29.8 Å². The van der Waals surface area contributed by atoms with Crippen molar-refractivity contribution < 1.29 is 4.74 Å². The van der Waals surface area contributed by atoms with E-state index in [1.54, 1.807) is 0 Å². The van der Waals surface area contributed by atoms with E-state index in [0.717, 1.165) is 12.3 Å². The van der Waals surface area contributed by atoms with Crippen molar-refractivity contribution in [2.45, 2.75) is 58.1 Å². The Morgan fingerprint density at radius 2 is 1.72 bits per heavy atom. The maximum absolute atomic E-state index is 5.68. The summed E-state index contributed by atoms with van der Waals surface area (Å²) in [6.45, 7) is 9.62. The van der Waals surface area contributed by atoms with Crippen molar-refractivity contribution in [3.8, 4) is 5.75 Å². The van der Waals surface area contributed by atoms with Crippen LogP contribution in [-0.4, -0.2) is 18.7 Å². The molecule has 0 saturated heterocycles. The highest BCUT2D eigenvalue weighted by atomic mass is 16.5. The number of hydrogen-bond acceptors (Lipinski definition) is 2. The van der Waals surface area contributed by atoms with E-state index < -0.39 is 0 Å². The predicted octanol–water partition coefficient (Wildman–Crippen LogP) is 3.50. The Morgan fingerprint density at radius 3 is 2.17 bits per heavy atom. The summed E-state index contributed by atoms with van der Waals surface area (Å²) in [5.74, 6) is 0.973. The van der Waals surface area contributed by atoms with Crippen LogP contribution < -0.4 is 10.1 Å². The van der Waals surface area contributed by atoms with Crippen molar-refractivity contribution in [1.82, 2.24) is 5.32 Å². The Hall–Kier alpha value is -1.02. The van der Waals surface area contributed by atoms with E-state index in [4.69, 9.17) is 4.74 Å². The smallest absolute Gasteiger partial charge is 0.119 e. The molecule has 1 aromatic carbocycles. The molecule has 18 heavy (non-hydrogen) atoms. The van der Waals surface area contributed by atoms with Gasteiger partial charge in [0.15, 0.2) is 0 Å². The van der Waals surface area contributed by atoms with Gasteiger partial charge in [0.25, 0.3) is 0 Å². The Morgan fingerprint density at radius 1 is 1.11 bits per heavy atom. The summed E-state index contributed by atoms with van der Waals surface area (Å²) in [7, 11) is 0. The van der Waals surface area contributed by atoms with Gasteiger partial charge in [-0.1, -0.05) is 26.0 Å². The van der Waals surface area contributed by atoms with Crippen molar-refractivity contribution in [1.29, 1.82) is 0 Å². The van der Waals surface area contributed by atoms with Gasteiger partial charge in [0.1, 0.15) is 5.75 Å². The number of ether oxygens (including phenoxy) is 1. The standard InChI is InChI=1S/C16H25NO/c1-12(2)17-11-16(9-10-16)14-5-7-15(8-6-14)18-13(3)4/h5-8,12-13,17H,9-11H2,1-4H3. The molecule has 1 fully saturated rings. The summed E-state index contributed by atoms with van der Waals surface area (Å²) in [4.78, 5) is 0. The molecular weight excluding hydrogens is 222 g/mol. The van der Waals surface area contributed by atoms with Crippen LogP contribution in [-0.2, 0) is 5.41 Å². The molecule has 1 aliphatic carbocycles. The molecule has 0 aromatic heterocycles. The Labute approximate surface area is 111 Å². The third kappa shape index (κ3) is 3.26. The van der Waals surface area contributed by atoms with Crippen LogP contribution in [0.25, 0.3) is 0 Å².